The second-order valence-corrected chi connectivity index (χ2v) is 7.50. The first-order valence-corrected chi connectivity index (χ1v) is 8.96. The number of ether oxygens (including phenoxy) is 2. The molecule has 1 rings (SSSR count). The first-order chi connectivity index (χ1) is 12.6. The van der Waals surface area contributed by atoms with Gasteiger partial charge in [0.05, 0.1) is 18.7 Å². The summed E-state index contributed by atoms with van der Waals surface area (Å²) in [6.07, 6.45) is 0.911. The molecular weight excluding hydrogens is 354 g/mol. The summed E-state index contributed by atoms with van der Waals surface area (Å²) in [4.78, 5) is 38.9. The summed E-state index contributed by atoms with van der Waals surface area (Å²) in [5.41, 5.74) is -0.612. The van der Waals surface area contributed by atoms with E-state index in [4.69, 9.17) is 9.47 Å². The highest BCUT2D eigenvalue weighted by Gasteiger charge is 2.36. The van der Waals surface area contributed by atoms with E-state index in [1.807, 2.05) is 0 Å². The largest absolute Gasteiger partial charge is 0.445 e. The molecule has 0 aromatic rings. The second kappa shape index (κ2) is 10.1. The molecule has 1 aliphatic heterocycles. The van der Waals surface area contributed by atoms with Crippen LogP contribution >= 0.6 is 0 Å². The maximum Gasteiger partial charge on any atom is 0.409 e. The Morgan fingerprint density at radius 2 is 2.04 bits per heavy atom. The third-order valence-corrected chi connectivity index (χ3v) is 3.96. The molecule has 3 amide bonds. The molecule has 0 saturated carbocycles. The molecule has 9 heteroatoms. The molecule has 2 atom stereocenters. The fourth-order valence-corrected chi connectivity index (χ4v) is 2.71. The van der Waals surface area contributed by atoms with E-state index in [9.17, 15) is 19.5 Å². The van der Waals surface area contributed by atoms with E-state index in [1.54, 1.807) is 27.8 Å². The summed E-state index contributed by atoms with van der Waals surface area (Å²) in [5, 5.41) is 12.3. The van der Waals surface area contributed by atoms with Gasteiger partial charge in [0.2, 0.25) is 5.91 Å². The van der Waals surface area contributed by atoms with E-state index in [2.05, 4.69) is 11.9 Å². The van der Waals surface area contributed by atoms with Gasteiger partial charge in [0.1, 0.15) is 12.2 Å². The predicted molar refractivity (Wildman–Crippen MR) is 99.2 cm³/mol. The van der Waals surface area contributed by atoms with Crippen molar-refractivity contribution in [3.05, 3.63) is 12.7 Å². The average molecular weight is 385 g/mol. The number of hydrogen-bond donors (Lipinski definition) is 2. The Hall–Kier alpha value is -2.29. The predicted octanol–water partition coefficient (Wildman–Crippen LogP) is 1.12. The maximum absolute atomic E-state index is 12.5. The number of likely N-dealkylation sites (tertiary alicyclic amines) is 1. The minimum Gasteiger partial charge on any atom is -0.445 e. The van der Waals surface area contributed by atoms with Crippen LogP contribution in [-0.2, 0) is 14.3 Å². The van der Waals surface area contributed by atoms with Gasteiger partial charge in [0.15, 0.2) is 0 Å². The lowest BCUT2D eigenvalue weighted by Gasteiger charge is -2.24. The molecule has 0 radical (unpaired) electrons. The first-order valence-electron chi connectivity index (χ1n) is 8.96. The van der Waals surface area contributed by atoms with Gasteiger partial charge < -0.3 is 29.7 Å². The Morgan fingerprint density at radius 3 is 2.59 bits per heavy atom. The fourth-order valence-electron chi connectivity index (χ4n) is 2.71. The molecule has 0 aromatic heterocycles. The topological polar surface area (TPSA) is 108 Å². The molecule has 1 heterocycles. The van der Waals surface area contributed by atoms with Crippen LogP contribution in [0.15, 0.2) is 12.7 Å². The van der Waals surface area contributed by atoms with Gasteiger partial charge in [-0.2, -0.15) is 0 Å². The molecule has 27 heavy (non-hydrogen) atoms. The normalized spacial score (nSPS) is 19.4. The Kier molecular flexibility index (Phi) is 8.55. The van der Waals surface area contributed by atoms with Crippen molar-refractivity contribution in [3.8, 4) is 0 Å². The zero-order valence-electron chi connectivity index (χ0n) is 16.6. The number of rotatable bonds is 7. The van der Waals surface area contributed by atoms with Crippen LogP contribution in [0, 0.1) is 0 Å². The number of carbonyl (C=O) groups is 3. The van der Waals surface area contributed by atoms with Gasteiger partial charge in [0, 0.05) is 26.6 Å². The van der Waals surface area contributed by atoms with E-state index >= 15 is 0 Å². The standard InChI is InChI=1S/C18H31N3O6/c1-6-9-26-17(25)20(5)8-7-15(23)21-11-13(10-14(21)12-22)19-16(24)27-18(2,3)4/h6,13-14,22H,1,7-12H2,2-5H3,(H,19,24)/t13-,14+/m1/s1. The molecule has 1 saturated heterocycles. The number of nitrogens with one attached hydrogen (secondary N) is 1. The van der Waals surface area contributed by atoms with Gasteiger partial charge in [-0.15, -0.1) is 0 Å². The van der Waals surface area contributed by atoms with Crippen molar-refractivity contribution >= 4 is 18.1 Å². The molecule has 1 aliphatic rings. The minimum absolute atomic E-state index is 0.0926. The summed E-state index contributed by atoms with van der Waals surface area (Å²) < 4.78 is 10.1. The van der Waals surface area contributed by atoms with Crippen molar-refractivity contribution in [2.75, 3.05) is 33.4 Å². The molecule has 0 unspecified atom stereocenters. The van der Waals surface area contributed by atoms with E-state index < -0.39 is 17.8 Å². The number of aliphatic hydroxyl groups is 1. The molecule has 0 aromatic carbocycles. The molecule has 0 bridgehead atoms. The van der Waals surface area contributed by atoms with Gasteiger partial charge in [-0.25, -0.2) is 9.59 Å². The van der Waals surface area contributed by atoms with E-state index in [0.29, 0.717) is 6.42 Å². The quantitative estimate of drug-likeness (QED) is 0.636. The van der Waals surface area contributed by atoms with Crippen molar-refractivity contribution in [1.82, 2.24) is 15.1 Å². The summed E-state index contributed by atoms with van der Waals surface area (Å²) in [6.45, 7) is 9.15. The number of alkyl carbamates (subject to hydrolysis) is 1. The molecule has 0 spiro atoms. The number of nitrogens with zero attached hydrogens (tertiary/aromatic N) is 2. The lowest BCUT2D eigenvalue weighted by molar-refractivity contribution is -0.133. The van der Waals surface area contributed by atoms with Crippen LogP contribution in [0.1, 0.15) is 33.6 Å². The van der Waals surface area contributed by atoms with Gasteiger partial charge >= 0.3 is 12.2 Å². The zero-order valence-corrected chi connectivity index (χ0v) is 16.6. The van der Waals surface area contributed by atoms with E-state index in [-0.39, 0.29) is 50.7 Å². The molecule has 9 nitrogen and oxygen atoms in total. The number of amides is 3. The molecule has 0 aliphatic carbocycles. The molecule has 154 valence electrons. The van der Waals surface area contributed by atoms with E-state index in [0.717, 1.165) is 0 Å². The molecule has 1 fully saturated rings. The van der Waals surface area contributed by atoms with Crippen LogP contribution in [0.2, 0.25) is 0 Å². The van der Waals surface area contributed by atoms with Crippen molar-refractivity contribution in [1.29, 1.82) is 0 Å². The second-order valence-electron chi connectivity index (χ2n) is 7.50. The fraction of sp³-hybridized carbons (Fsp3) is 0.722. The lowest BCUT2D eigenvalue weighted by Crippen LogP contribution is -2.42. The smallest absolute Gasteiger partial charge is 0.409 e. The third kappa shape index (κ3) is 7.86. The summed E-state index contributed by atoms with van der Waals surface area (Å²) in [7, 11) is 1.54. The highest BCUT2D eigenvalue weighted by Crippen LogP contribution is 2.19. The Morgan fingerprint density at radius 1 is 1.37 bits per heavy atom. The molecule has 2 N–H and O–H groups in total. The summed E-state index contributed by atoms with van der Waals surface area (Å²) >= 11 is 0. The SMILES string of the molecule is C=CCOC(=O)N(C)CCC(=O)N1C[C@H](NC(=O)OC(C)(C)C)C[C@H]1CO. The average Bonchev–Trinajstić information content (AvgIpc) is 2.98. The number of carbonyl (C=O) groups excluding carboxylic acids is 3. The van der Waals surface area contributed by atoms with Crippen LogP contribution < -0.4 is 5.32 Å². The lowest BCUT2D eigenvalue weighted by atomic mass is 10.2. The number of aliphatic hydroxyl groups excluding tert-OH is 1. The maximum atomic E-state index is 12.5. The highest BCUT2D eigenvalue weighted by atomic mass is 16.6. The van der Waals surface area contributed by atoms with Gasteiger partial charge in [-0.1, -0.05) is 12.7 Å². The summed E-state index contributed by atoms with van der Waals surface area (Å²) in [5.74, 6) is -0.203. The monoisotopic (exact) mass is 385 g/mol. The Bertz CT molecular complexity index is 546. The van der Waals surface area contributed by atoms with Crippen LogP contribution in [0.3, 0.4) is 0 Å². The van der Waals surface area contributed by atoms with E-state index in [1.165, 1.54) is 15.9 Å². The highest BCUT2D eigenvalue weighted by molar-refractivity contribution is 5.78. The minimum atomic E-state index is -0.612. The van der Waals surface area contributed by atoms with Crippen LogP contribution in [-0.4, -0.2) is 84.0 Å². The van der Waals surface area contributed by atoms with Gasteiger partial charge in [0.25, 0.3) is 0 Å². The van der Waals surface area contributed by atoms with Crippen LogP contribution in [0.25, 0.3) is 0 Å². The summed E-state index contributed by atoms with van der Waals surface area (Å²) in [6, 6.07) is -0.674. The Labute approximate surface area is 160 Å². The third-order valence-electron chi connectivity index (χ3n) is 3.96. The van der Waals surface area contributed by atoms with Crippen molar-refractivity contribution in [3.63, 3.8) is 0 Å². The Balaban J connectivity index is 2.52. The van der Waals surface area contributed by atoms with Gasteiger partial charge in [-0.3, -0.25) is 4.79 Å². The van der Waals surface area contributed by atoms with Crippen LogP contribution in [0.4, 0.5) is 9.59 Å². The zero-order chi connectivity index (χ0) is 20.6. The molecular formula is C18H31N3O6. The van der Waals surface area contributed by atoms with Gasteiger partial charge in [-0.05, 0) is 27.2 Å². The van der Waals surface area contributed by atoms with Crippen molar-refractivity contribution in [2.45, 2.75) is 51.3 Å². The van der Waals surface area contributed by atoms with Crippen molar-refractivity contribution < 1.29 is 29.0 Å². The number of hydrogen-bond acceptors (Lipinski definition) is 6. The van der Waals surface area contributed by atoms with Crippen molar-refractivity contribution in [2.24, 2.45) is 0 Å². The van der Waals surface area contributed by atoms with Crippen LogP contribution in [0.5, 0.6) is 0 Å². The first kappa shape index (κ1) is 22.8.